The van der Waals surface area contributed by atoms with E-state index in [4.69, 9.17) is 19.7 Å². The SMILES string of the molecule is COc1ccc(-c2cnoc2N)c(OC)c1C. The zero-order valence-corrected chi connectivity index (χ0v) is 9.98. The molecular weight excluding hydrogens is 220 g/mol. The van der Waals surface area contributed by atoms with Gasteiger partial charge in [-0.2, -0.15) is 0 Å². The van der Waals surface area contributed by atoms with Crippen molar-refractivity contribution < 1.29 is 14.0 Å². The van der Waals surface area contributed by atoms with Crippen LogP contribution in [0.5, 0.6) is 11.5 Å². The number of ether oxygens (including phenoxy) is 2. The molecule has 90 valence electrons. The second-order valence-corrected chi connectivity index (χ2v) is 3.58. The monoisotopic (exact) mass is 234 g/mol. The van der Waals surface area contributed by atoms with Crippen LogP contribution in [0.4, 0.5) is 5.88 Å². The van der Waals surface area contributed by atoms with Crippen LogP contribution in [-0.4, -0.2) is 19.4 Å². The summed E-state index contributed by atoms with van der Waals surface area (Å²) in [5, 5.41) is 3.66. The summed E-state index contributed by atoms with van der Waals surface area (Å²) >= 11 is 0. The first-order chi connectivity index (χ1) is 8.19. The first-order valence-corrected chi connectivity index (χ1v) is 5.11. The van der Waals surface area contributed by atoms with Crippen LogP contribution in [0.25, 0.3) is 11.1 Å². The molecule has 0 unspecified atom stereocenters. The highest BCUT2D eigenvalue weighted by atomic mass is 16.5. The molecule has 2 aromatic rings. The lowest BCUT2D eigenvalue weighted by Crippen LogP contribution is -1.95. The molecule has 17 heavy (non-hydrogen) atoms. The Hall–Kier alpha value is -2.17. The molecular formula is C12H14N2O3. The molecule has 1 aromatic carbocycles. The quantitative estimate of drug-likeness (QED) is 0.881. The summed E-state index contributed by atoms with van der Waals surface area (Å²) < 4.78 is 15.5. The van der Waals surface area contributed by atoms with Gasteiger partial charge in [-0.05, 0) is 19.1 Å². The largest absolute Gasteiger partial charge is 0.496 e. The van der Waals surface area contributed by atoms with E-state index < -0.39 is 0 Å². The first-order valence-electron chi connectivity index (χ1n) is 5.11. The third-order valence-corrected chi connectivity index (χ3v) is 2.67. The second kappa shape index (κ2) is 4.37. The van der Waals surface area contributed by atoms with Crippen molar-refractivity contribution in [1.29, 1.82) is 0 Å². The number of nitrogens with two attached hydrogens (primary N) is 1. The molecule has 2 rings (SSSR count). The molecule has 0 saturated carbocycles. The number of hydrogen-bond acceptors (Lipinski definition) is 5. The number of nitrogens with zero attached hydrogens (tertiary/aromatic N) is 1. The fraction of sp³-hybridized carbons (Fsp3) is 0.250. The maximum atomic E-state index is 5.70. The van der Waals surface area contributed by atoms with Gasteiger partial charge in [0.1, 0.15) is 11.5 Å². The summed E-state index contributed by atoms with van der Waals surface area (Å²) in [5.74, 6) is 1.74. The van der Waals surface area contributed by atoms with E-state index in [2.05, 4.69) is 5.16 Å². The minimum absolute atomic E-state index is 0.271. The van der Waals surface area contributed by atoms with Crippen molar-refractivity contribution in [2.24, 2.45) is 0 Å². The van der Waals surface area contributed by atoms with Crippen LogP contribution >= 0.6 is 0 Å². The molecule has 0 bridgehead atoms. The summed E-state index contributed by atoms with van der Waals surface area (Å²) in [6.07, 6.45) is 1.57. The van der Waals surface area contributed by atoms with Gasteiger partial charge in [-0.1, -0.05) is 5.16 Å². The van der Waals surface area contributed by atoms with Gasteiger partial charge in [0, 0.05) is 11.1 Å². The van der Waals surface area contributed by atoms with E-state index in [0.717, 1.165) is 16.9 Å². The van der Waals surface area contributed by atoms with Crippen LogP contribution in [-0.2, 0) is 0 Å². The Kier molecular flexibility index (Phi) is 2.91. The Morgan fingerprint density at radius 3 is 2.47 bits per heavy atom. The Bertz CT molecular complexity index is 535. The number of hydrogen-bond donors (Lipinski definition) is 1. The third-order valence-electron chi connectivity index (χ3n) is 2.67. The Morgan fingerprint density at radius 2 is 1.94 bits per heavy atom. The molecule has 0 atom stereocenters. The number of anilines is 1. The number of methoxy groups -OCH3 is 2. The molecule has 0 aliphatic rings. The molecule has 2 N–H and O–H groups in total. The Morgan fingerprint density at radius 1 is 1.18 bits per heavy atom. The number of aromatic nitrogens is 1. The molecule has 5 nitrogen and oxygen atoms in total. The fourth-order valence-electron chi connectivity index (χ4n) is 1.82. The summed E-state index contributed by atoms with van der Waals surface area (Å²) in [6.45, 7) is 1.92. The van der Waals surface area contributed by atoms with E-state index in [0.29, 0.717) is 11.3 Å². The lowest BCUT2D eigenvalue weighted by Gasteiger charge is -2.13. The minimum Gasteiger partial charge on any atom is -0.496 e. The van der Waals surface area contributed by atoms with Crippen LogP contribution in [0, 0.1) is 6.92 Å². The number of benzene rings is 1. The minimum atomic E-state index is 0.271. The molecule has 1 aromatic heterocycles. The highest BCUT2D eigenvalue weighted by Gasteiger charge is 2.16. The van der Waals surface area contributed by atoms with Crippen molar-refractivity contribution in [3.63, 3.8) is 0 Å². The summed E-state index contributed by atoms with van der Waals surface area (Å²) in [7, 11) is 3.23. The summed E-state index contributed by atoms with van der Waals surface area (Å²) in [4.78, 5) is 0. The zero-order valence-electron chi connectivity index (χ0n) is 9.98. The van der Waals surface area contributed by atoms with Gasteiger partial charge in [0.25, 0.3) is 0 Å². The third kappa shape index (κ3) is 1.80. The lowest BCUT2D eigenvalue weighted by atomic mass is 10.0. The van der Waals surface area contributed by atoms with Crippen molar-refractivity contribution in [2.75, 3.05) is 20.0 Å². The van der Waals surface area contributed by atoms with Crippen LogP contribution in [0.1, 0.15) is 5.56 Å². The standard InChI is InChI=1S/C12H14N2O3/c1-7-10(15-2)5-4-8(11(7)16-3)9-6-14-17-12(9)13/h4-6H,13H2,1-3H3. The normalized spacial score (nSPS) is 10.3. The van der Waals surface area contributed by atoms with Gasteiger partial charge < -0.3 is 19.7 Å². The average Bonchev–Trinajstić information content (AvgIpc) is 2.75. The topological polar surface area (TPSA) is 70.5 Å². The molecule has 0 fully saturated rings. The van der Waals surface area contributed by atoms with E-state index in [1.165, 1.54) is 0 Å². The summed E-state index contributed by atoms with van der Waals surface area (Å²) in [5.41, 5.74) is 8.16. The Labute approximate surface area is 99.1 Å². The first kappa shape index (κ1) is 11.3. The predicted octanol–water partition coefficient (Wildman–Crippen LogP) is 2.25. The molecule has 0 aliphatic carbocycles. The van der Waals surface area contributed by atoms with Gasteiger partial charge in [0.05, 0.1) is 26.0 Å². The predicted molar refractivity (Wildman–Crippen MR) is 64.2 cm³/mol. The van der Waals surface area contributed by atoms with Crippen molar-refractivity contribution >= 4 is 5.88 Å². The van der Waals surface area contributed by atoms with Gasteiger partial charge in [-0.3, -0.25) is 0 Å². The van der Waals surface area contributed by atoms with Crippen molar-refractivity contribution in [3.05, 3.63) is 23.9 Å². The van der Waals surface area contributed by atoms with Gasteiger partial charge in [0.15, 0.2) is 0 Å². The second-order valence-electron chi connectivity index (χ2n) is 3.58. The van der Waals surface area contributed by atoms with E-state index in [1.807, 2.05) is 19.1 Å². The van der Waals surface area contributed by atoms with E-state index >= 15 is 0 Å². The van der Waals surface area contributed by atoms with Crippen LogP contribution in [0.3, 0.4) is 0 Å². The van der Waals surface area contributed by atoms with Gasteiger partial charge >= 0.3 is 0 Å². The molecule has 0 aliphatic heterocycles. The van der Waals surface area contributed by atoms with E-state index in [1.54, 1.807) is 20.4 Å². The van der Waals surface area contributed by atoms with Crippen LogP contribution in [0.15, 0.2) is 22.9 Å². The summed E-state index contributed by atoms with van der Waals surface area (Å²) in [6, 6.07) is 3.73. The molecule has 1 heterocycles. The molecule has 5 heteroatoms. The maximum absolute atomic E-state index is 5.70. The van der Waals surface area contributed by atoms with E-state index in [-0.39, 0.29) is 5.88 Å². The van der Waals surface area contributed by atoms with E-state index in [9.17, 15) is 0 Å². The molecule has 0 spiro atoms. The molecule has 0 saturated heterocycles. The lowest BCUT2D eigenvalue weighted by molar-refractivity contribution is 0.390. The van der Waals surface area contributed by atoms with Gasteiger partial charge in [-0.25, -0.2) is 0 Å². The fourth-order valence-corrected chi connectivity index (χ4v) is 1.82. The van der Waals surface area contributed by atoms with Crippen molar-refractivity contribution in [2.45, 2.75) is 6.92 Å². The van der Waals surface area contributed by atoms with Crippen LogP contribution < -0.4 is 15.2 Å². The smallest absolute Gasteiger partial charge is 0.230 e. The maximum Gasteiger partial charge on any atom is 0.230 e. The van der Waals surface area contributed by atoms with Crippen LogP contribution in [0.2, 0.25) is 0 Å². The zero-order chi connectivity index (χ0) is 12.4. The molecule has 0 radical (unpaired) electrons. The van der Waals surface area contributed by atoms with Gasteiger partial charge in [-0.15, -0.1) is 0 Å². The highest BCUT2D eigenvalue weighted by Crippen LogP contribution is 2.39. The van der Waals surface area contributed by atoms with Crippen molar-refractivity contribution in [3.8, 4) is 22.6 Å². The highest BCUT2D eigenvalue weighted by molar-refractivity contribution is 5.79. The molecule has 0 amide bonds. The number of nitrogen functional groups attached to an aromatic ring is 1. The van der Waals surface area contributed by atoms with Crippen molar-refractivity contribution in [1.82, 2.24) is 5.16 Å². The van der Waals surface area contributed by atoms with Gasteiger partial charge in [0.2, 0.25) is 5.88 Å². The number of rotatable bonds is 3. The Balaban J connectivity index is 2.63. The average molecular weight is 234 g/mol.